The van der Waals surface area contributed by atoms with E-state index in [1.54, 1.807) is 6.92 Å². The van der Waals surface area contributed by atoms with Crippen molar-refractivity contribution in [1.82, 2.24) is 16.0 Å². The summed E-state index contributed by atoms with van der Waals surface area (Å²) in [4.78, 5) is 36.4. The topological polar surface area (TPSA) is 187 Å². The molecule has 0 aromatic rings. The van der Waals surface area contributed by atoms with Gasteiger partial charge in [-0.1, -0.05) is 13.8 Å². The largest absolute Gasteiger partial charge is 0.444 e. The van der Waals surface area contributed by atoms with E-state index in [-0.39, 0.29) is 88.7 Å². The SMILES string of the molecule is CC(C)(C)OC(=O)NC12CC3CC(CC(C1)C(F)C3)C2.CC(C)(C)OC(=O)NC12CC3CC(CC(C1)C(F)C3)C2.CC(C)(C)OC(=O)NC12CC3CC(CC(C1)C(O)C3)C2.Cl.Cl.NC12CC3CC(CC(C1)C(F)C3)C2.NC12CC3CC(CC(C1)C(F)C3)C2.[2H]CC. The maximum absolute atomic E-state index is 14.2. The summed E-state index contributed by atoms with van der Waals surface area (Å²) in [6.07, 6.45) is 26.7. The number of carbonyl (C=O) groups excluding carboxylic acids is 3. The summed E-state index contributed by atoms with van der Waals surface area (Å²) in [5.41, 5.74) is 10.7. The van der Waals surface area contributed by atoms with Crippen molar-refractivity contribution in [3.63, 3.8) is 0 Å². The van der Waals surface area contributed by atoms with Crippen LogP contribution in [0.3, 0.4) is 0 Å². The number of halogens is 6. The molecule has 20 bridgehead atoms. The van der Waals surface area contributed by atoms with Gasteiger partial charge in [0.1, 0.15) is 41.5 Å². The van der Waals surface area contributed by atoms with E-state index in [9.17, 15) is 37.1 Å². The molecule has 25 atom stereocenters. The van der Waals surface area contributed by atoms with Crippen LogP contribution in [0.2, 0.25) is 0 Å². The van der Waals surface area contributed by atoms with Crippen molar-refractivity contribution in [2.75, 3.05) is 0 Å². The summed E-state index contributed by atoms with van der Waals surface area (Å²) in [5, 5.41) is 19.7. The number of ether oxygens (including phenoxy) is 3. The second-order valence-electron chi connectivity index (χ2n) is 36.1. The van der Waals surface area contributed by atoms with Crippen LogP contribution in [0.5, 0.6) is 0 Å². The van der Waals surface area contributed by atoms with Crippen LogP contribution >= 0.6 is 24.8 Å². The van der Waals surface area contributed by atoms with Crippen LogP contribution in [0.1, 0.15) is 270 Å². The first-order chi connectivity index (χ1) is 41.4. The molecule has 12 nitrogen and oxygen atoms in total. The summed E-state index contributed by atoms with van der Waals surface area (Å²) >= 11 is 0. The van der Waals surface area contributed by atoms with Crippen molar-refractivity contribution >= 4 is 43.1 Å². The van der Waals surface area contributed by atoms with Gasteiger partial charge in [0.05, 0.1) is 6.10 Å². The number of amides is 3. The van der Waals surface area contributed by atoms with E-state index in [1.165, 1.54) is 32.1 Å². The van der Waals surface area contributed by atoms with Gasteiger partial charge < -0.3 is 46.7 Å². The van der Waals surface area contributed by atoms with Gasteiger partial charge in [0.15, 0.2) is 0 Å². The summed E-state index contributed by atoms with van der Waals surface area (Å²) in [5.74, 6) is 7.22. The molecule has 20 aliphatic carbocycles. The molecule has 0 spiro atoms. The summed E-state index contributed by atoms with van der Waals surface area (Å²) in [6, 6.07) is 0. The minimum absolute atomic E-state index is 0. The first kappa shape index (κ1) is 72.3. The molecule has 3 amide bonds. The summed E-state index contributed by atoms with van der Waals surface area (Å²) in [7, 11) is 0. The molecule has 20 aliphatic rings. The molecule has 20 fully saturated rings. The van der Waals surface area contributed by atoms with E-state index in [0.717, 1.165) is 160 Å². The normalized spacial score (nSPS) is 46.2. The highest BCUT2D eigenvalue weighted by Crippen LogP contribution is 2.58. The van der Waals surface area contributed by atoms with Crippen LogP contribution in [-0.2, 0) is 14.2 Å². The summed E-state index contributed by atoms with van der Waals surface area (Å²) in [6.45, 7) is 19.2. The highest BCUT2D eigenvalue weighted by molar-refractivity contribution is 5.85. The Labute approximate surface area is 553 Å². The number of hydrogen-bond acceptors (Lipinski definition) is 9. The van der Waals surface area contributed by atoms with E-state index in [0.29, 0.717) is 84.8 Å². The Morgan fingerprint density at radius 3 is 0.856 bits per heavy atom. The Bertz CT molecular complexity index is 2230. The molecule has 0 aliphatic heterocycles. The van der Waals surface area contributed by atoms with Gasteiger partial charge in [0.25, 0.3) is 0 Å². The van der Waals surface area contributed by atoms with E-state index >= 15 is 0 Å². The Morgan fingerprint density at radius 1 is 0.378 bits per heavy atom. The average Bonchev–Trinajstić information content (AvgIpc) is 1.75. The minimum atomic E-state index is -0.674. The smallest absolute Gasteiger partial charge is 0.408 e. The quantitative estimate of drug-likeness (QED) is 0.118. The third-order valence-corrected chi connectivity index (χ3v) is 24.4. The molecule has 0 saturated heterocycles. The Hall–Kier alpha value is -2.01. The molecule has 25 unspecified atom stereocenters. The number of aliphatic hydroxyl groups is 1. The lowest BCUT2D eigenvalue weighted by Crippen LogP contribution is -2.56. The Morgan fingerprint density at radius 2 is 0.589 bits per heavy atom. The van der Waals surface area contributed by atoms with Gasteiger partial charge in [-0.25, -0.2) is 31.9 Å². The molecule has 90 heavy (non-hydrogen) atoms. The monoisotopic (exact) mass is 1320 g/mol. The zero-order valence-corrected chi connectivity index (χ0v) is 58.5. The lowest BCUT2D eigenvalue weighted by Gasteiger charge is -2.48. The number of rotatable bonds is 3. The van der Waals surface area contributed by atoms with Crippen LogP contribution in [0.25, 0.3) is 0 Å². The number of alkyl halides is 4. The lowest BCUT2D eigenvalue weighted by atomic mass is 9.63. The predicted molar refractivity (Wildman–Crippen MR) is 352 cm³/mol. The van der Waals surface area contributed by atoms with Crippen molar-refractivity contribution in [2.45, 2.75) is 344 Å². The minimum Gasteiger partial charge on any atom is -0.444 e. The van der Waals surface area contributed by atoms with Crippen molar-refractivity contribution in [2.24, 2.45) is 100 Å². The fraction of sp³-hybridized carbons (Fsp3) is 0.958. The molecular formula is C72H123Cl2F4N5O7. The third kappa shape index (κ3) is 18.5. The van der Waals surface area contributed by atoms with Gasteiger partial charge in [-0.15, -0.1) is 24.8 Å². The number of fused-ring (bicyclic) bond motifs is 5. The fourth-order valence-electron chi connectivity index (χ4n) is 23.0. The molecule has 8 N–H and O–H groups in total. The lowest BCUT2D eigenvalue weighted by molar-refractivity contribution is 0.0160. The number of aliphatic hydroxyl groups excluding tert-OH is 1. The predicted octanol–water partition coefficient (Wildman–Crippen LogP) is 16.9. The van der Waals surface area contributed by atoms with Gasteiger partial charge in [-0.2, -0.15) is 0 Å². The number of nitrogens with one attached hydrogen (secondary N) is 3. The van der Waals surface area contributed by atoms with Gasteiger partial charge >= 0.3 is 18.3 Å². The van der Waals surface area contributed by atoms with Gasteiger partial charge in [-0.05, 0) is 344 Å². The average molecular weight is 1320 g/mol. The van der Waals surface area contributed by atoms with Crippen molar-refractivity contribution in [3.05, 3.63) is 0 Å². The number of carbonyl (C=O) groups is 3. The van der Waals surface area contributed by atoms with E-state index in [4.69, 9.17) is 27.0 Å². The zero-order valence-electron chi connectivity index (χ0n) is 57.8. The van der Waals surface area contributed by atoms with Gasteiger partial charge in [0, 0.05) is 29.1 Å². The molecule has 0 aromatic carbocycles. The van der Waals surface area contributed by atoms with Gasteiger partial charge in [-0.3, -0.25) is 0 Å². The van der Waals surface area contributed by atoms with Crippen LogP contribution in [0.15, 0.2) is 0 Å². The number of nitrogens with two attached hydrogens (primary N) is 2. The van der Waals surface area contributed by atoms with Crippen LogP contribution < -0.4 is 27.4 Å². The molecule has 20 saturated carbocycles. The zero-order chi connectivity index (χ0) is 64.4. The second-order valence-corrected chi connectivity index (χ2v) is 36.1. The maximum Gasteiger partial charge on any atom is 0.408 e. The standard InChI is InChI=1S/2C16H26FNO2.C16H27NO3.2C11H18FN.C2H6.2ClH/c2*1-15(2,3)20-14(19)18-16-7-10-4-11(8-16)6-13(17)12(5-10)9-16;1-15(2,3)20-14(19)17-16-7-10-4-11(8-16)6-13(18)12(5-10)9-16;2*12-10-3-8-1-7-2-9(10)6-11(13,4-7)5-8;1-2;;/h2*10-13H,4-9H2,1-3H3,(H,18,19);10-13,18H,4-9H2,1-3H3,(H,17,19);2*7-10H,1-6,13H2;1-2H3;2*1H/i;;;;;1D;;. The van der Waals surface area contributed by atoms with Crippen LogP contribution in [-0.4, -0.2) is 98.7 Å². The van der Waals surface area contributed by atoms with Crippen molar-refractivity contribution < 1.29 is 52.6 Å². The number of hydrogen-bond donors (Lipinski definition) is 6. The number of alkyl carbamates (subject to hydrolysis) is 3. The Kier molecular flexibility index (Phi) is 22.7. The van der Waals surface area contributed by atoms with Gasteiger partial charge in [0.2, 0.25) is 0 Å². The molecule has 20 rings (SSSR count). The molecule has 0 aromatic heterocycles. The van der Waals surface area contributed by atoms with Crippen molar-refractivity contribution in [1.29, 1.82) is 0 Å². The van der Waals surface area contributed by atoms with E-state index in [2.05, 4.69) is 16.0 Å². The van der Waals surface area contributed by atoms with Crippen molar-refractivity contribution in [3.8, 4) is 0 Å². The maximum atomic E-state index is 14.2. The van der Waals surface area contributed by atoms with E-state index in [1.807, 2.05) is 62.3 Å². The molecular weight excluding hydrogens is 1190 g/mol. The second kappa shape index (κ2) is 28.2. The molecule has 520 valence electrons. The first-order valence-electron chi connectivity index (χ1n) is 36.3. The molecule has 0 heterocycles. The van der Waals surface area contributed by atoms with Crippen LogP contribution in [0.4, 0.5) is 31.9 Å². The Balaban J connectivity index is 0.000000146. The fourth-order valence-corrected chi connectivity index (χ4v) is 23.0. The highest BCUT2D eigenvalue weighted by atomic mass is 35.5. The summed E-state index contributed by atoms with van der Waals surface area (Å²) < 4.78 is 78.3. The van der Waals surface area contributed by atoms with E-state index < -0.39 is 41.5 Å². The third-order valence-electron chi connectivity index (χ3n) is 24.4. The highest BCUT2D eigenvalue weighted by Gasteiger charge is 2.57. The molecule has 0 radical (unpaired) electrons. The first-order valence-corrected chi connectivity index (χ1v) is 35.6. The molecule has 18 heteroatoms. The van der Waals surface area contributed by atoms with Crippen LogP contribution in [0, 0.1) is 88.8 Å².